The first-order valence-corrected chi connectivity index (χ1v) is 11.3. The van der Waals surface area contributed by atoms with Crippen LogP contribution in [0, 0.1) is 10.7 Å². The Balaban J connectivity index is 1.93. The van der Waals surface area contributed by atoms with Crippen molar-refractivity contribution in [3.05, 3.63) is 59.2 Å². The third kappa shape index (κ3) is 6.03. The molecule has 3 rings (SSSR count). The van der Waals surface area contributed by atoms with Gasteiger partial charge in [-0.05, 0) is 37.0 Å². The van der Waals surface area contributed by atoms with Gasteiger partial charge in [-0.1, -0.05) is 18.2 Å². The van der Waals surface area contributed by atoms with Crippen molar-refractivity contribution in [2.24, 2.45) is 5.92 Å². The molecule has 1 saturated carbocycles. The second-order valence-electron chi connectivity index (χ2n) is 7.37. The van der Waals surface area contributed by atoms with Gasteiger partial charge in [0.25, 0.3) is 5.91 Å². The van der Waals surface area contributed by atoms with Crippen LogP contribution in [-0.4, -0.2) is 32.4 Å². The predicted molar refractivity (Wildman–Crippen MR) is 108 cm³/mol. The van der Waals surface area contributed by atoms with Gasteiger partial charge in [0.2, 0.25) is 11.7 Å². The lowest BCUT2D eigenvalue weighted by molar-refractivity contribution is 0.00707. The molecule has 1 fully saturated rings. The largest absolute Gasteiger partial charge is 0.438 e. The van der Waals surface area contributed by atoms with Crippen molar-refractivity contribution in [3.63, 3.8) is 0 Å². The standard InChI is InChI=1S/C20H21F3N4O3S/c1-20(22,23)19-25-11-14(18(27-19)30-13-6-4-3-5-7-13)17(28)26-15(12-8-9-12)10-16(21)31(2,24)29/h3-7,10-12,15,24H,8-9H2,1-2H3,(H,26,28)/b16-10+. The Morgan fingerprint density at radius 2 is 2.00 bits per heavy atom. The third-order valence-corrected chi connectivity index (χ3v) is 5.34. The van der Waals surface area contributed by atoms with E-state index < -0.39 is 38.6 Å². The average molecular weight is 454 g/mol. The van der Waals surface area contributed by atoms with E-state index >= 15 is 0 Å². The van der Waals surface area contributed by atoms with Gasteiger partial charge in [-0.25, -0.2) is 14.0 Å². The van der Waals surface area contributed by atoms with Gasteiger partial charge >= 0.3 is 5.92 Å². The van der Waals surface area contributed by atoms with Crippen LogP contribution in [0.3, 0.4) is 0 Å². The van der Waals surface area contributed by atoms with Crippen molar-refractivity contribution in [2.45, 2.75) is 31.7 Å². The molecule has 1 aromatic heterocycles. The Morgan fingerprint density at radius 3 is 2.55 bits per heavy atom. The molecule has 0 spiro atoms. The summed E-state index contributed by atoms with van der Waals surface area (Å²) in [5, 5.41) is 1.43. The summed E-state index contributed by atoms with van der Waals surface area (Å²) >= 11 is 0. The number of carbonyl (C=O) groups is 1. The number of rotatable bonds is 8. The molecule has 1 aliphatic carbocycles. The number of para-hydroxylation sites is 1. The maximum atomic E-state index is 14.1. The average Bonchev–Trinajstić information content (AvgIpc) is 3.52. The number of amides is 1. The molecule has 1 aliphatic rings. The number of hydrogen-bond acceptors (Lipinski definition) is 6. The van der Waals surface area contributed by atoms with Gasteiger partial charge in [-0.15, -0.1) is 0 Å². The molecule has 1 heterocycles. The molecule has 2 atom stereocenters. The summed E-state index contributed by atoms with van der Waals surface area (Å²) in [6.07, 6.45) is 4.24. The van der Waals surface area contributed by atoms with E-state index in [1.807, 2.05) is 0 Å². The number of benzene rings is 1. The molecule has 2 unspecified atom stereocenters. The molecule has 31 heavy (non-hydrogen) atoms. The summed E-state index contributed by atoms with van der Waals surface area (Å²) in [5.41, 5.74) is -0.223. The van der Waals surface area contributed by atoms with Crippen LogP contribution < -0.4 is 10.1 Å². The van der Waals surface area contributed by atoms with Crippen molar-refractivity contribution in [1.29, 1.82) is 4.78 Å². The van der Waals surface area contributed by atoms with Gasteiger partial charge in [-0.2, -0.15) is 18.2 Å². The minimum Gasteiger partial charge on any atom is -0.438 e. The van der Waals surface area contributed by atoms with E-state index in [4.69, 9.17) is 9.52 Å². The number of hydrogen-bond donors (Lipinski definition) is 2. The zero-order valence-corrected chi connectivity index (χ0v) is 17.6. The highest BCUT2D eigenvalue weighted by atomic mass is 32.2. The molecule has 0 bridgehead atoms. The maximum Gasteiger partial charge on any atom is 0.303 e. The zero-order valence-electron chi connectivity index (χ0n) is 16.8. The number of aromatic nitrogens is 2. The second-order valence-corrected chi connectivity index (χ2v) is 9.44. The highest BCUT2D eigenvalue weighted by molar-refractivity contribution is 7.95. The van der Waals surface area contributed by atoms with Crippen LogP contribution in [0.2, 0.25) is 0 Å². The van der Waals surface area contributed by atoms with E-state index in [0.717, 1.165) is 18.5 Å². The summed E-state index contributed by atoms with van der Waals surface area (Å²) in [7, 11) is -3.56. The van der Waals surface area contributed by atoms with E-state index in [1.54, 1.807) is 30.3 Å². The lowest BCUT2D eigenvalue weighted by Gasteiger charge is -2.17. The number of carbonyl (C=O) groups excluding carboxylic acids is 1. The van der Waals surface area contributed by atoms with Crippen molar-refractivity contribution >= 4 is 15.6 Å². The van der Waals surface area contributed by atoms with Gasteiger partial charge in [0.1, 0.15) is 11.3 Å². The molecule has 0 radical (unpaired) electrons. The number of nitrogens with one attached hydrogen (secondary N) is 2. The molecule has 7 nitrogen and oxygen atoms in total. The van der Waals surface area contributed by atoms with Gasteiger partial charge in [0.15, 0.2) is 5.16 Å². The van der Waals surface area contributed by atoms with Crippen LogP contribution in [0.5, 0.6) is 11.6 Å². The summed E-state index contributed by atoms with van der Waals surface area (Å²) in [6.45, 7) is 0.619. The minimum absolute atomic E-state index is 0.0879. The zero-order chi connectivity index (χ0) is 22.8. The summed E-state index contributed by atoms with van der Waals surface area (Å²) in [4.78, 5) is 20.2. The van der Waals surface area contributed by atoms with E-state index in [9.17, 15) is 22.2 Å². The second kappa shape index (κ2) is 8.66. The maximum absolute atomic E-state index is 14.1. The molecule has 2 aromatic rings. The number of ether oxygens (including phenoxy) is 1. The van der Waals surface area contributed by atoms with Crippen molar-refractivity contribution in [3.8, 4) is 11.6 Å². The van der Waals surface area contributed by atoms with E-state index in [1.165, 1.54) is 0 Å². The van der Waals surface area contributed by atoms with Crippen LogP contribution in [0.25, 0.3) is 0 Å². The number of nitrogens with zero attached hydrogens (tertiary/aromatic N) is 2. The number of halogens is 3. The monoisotopic (exact) mass is 454 g/mol. The minimum atomic E-state index is -3.56. The normalized spacial score (nSPS) is 17.5. The Bertz CT molecular complexity index is 1100. The van der Waals surface area contributed by atoms with Crippen molar-refractivity contribution in [1.82, 2.24) is 15.3 Å². The fraction of sp³-hybridized carbons (Fsp3) is 0.350. The fourth-order valence-corrected chi connectivity index (χ4v) is 3.07. The van der Waals surface area contributed by atoms with Crippen LogP contribution in [0.1, 0.15) is 35.9 Å². The SMILES string of the molecule is CC(F)(F)c1ncc(C(=O)NC(/C=C(\F)S(C)(=N)=O)C2CC2)c(Oc2ccccc2)n1. The van der Waals surface area contributed by atoms with E-state index in [2.05, 4.69) is 15.3 Å². The van der Waals surface area contributed by atoms with Gasteiger partial charge < -0.3 is 10.1 Å². The molecular formula is C20H21F3N4O3S. The van der Waals surface area contributed by atoms with E-state index in [-0.39, 0.29) is 23.1 Å². The van der Waals surface area contributed by atoms with Crippen LogP contribution >= 0.6 is 0 Å². The summed E-state index contributed by atoms with van der Waals surface area (Å²) < 4.78 is 66.0. The molecule has 0 saturated heterocycles. The number of alkyl halides is 2. The molecule has 1 aromatic carbocycles. The molecule has 2 N–H and O–H groups in total. The Kier molecular flexibility index (Phi) is 6.35. The predicted octanol–water partition coefficient (Wildman–Crippen LogP) is 4.38. The van der Waals surface area contributed by atoms with Gasteiger partial charge in [0, 0.05) is 19.4 Å². The highest BCUT2D eigenvalue weighted by Gasteiger charge is 2.34. The lowest BCUT2D eigenvalue weighted by Crippen LogP contribution is -2.36. The fourth-order valence-electron chi connectivity index (χ4n) is 2.66. The Labute approximate surface area is 177 Å². The molecule has 166 valence electrons. The van der Waals surface area contributed by atoms with Gasteiger partial charge in [0.05, 0.1) is 15.8 Å². The Morgan fingerprint density at radius 1 is 1.35 bits per heavy atom. The van der Waals surface area contributed by atoms with Crippen LogP contribution in [0.15, 0.2) is 47.8 Å². The lowest BCUT2D eigenvalue weighted by atomic mass is 10.1. The molecule has 0 aliphatic heterocycles. The third-order valence-electron chi connectivity index (χ3n) is 4.46. The van der Waals surface area contributed by atoms with Crippen molar-refractivity contribution < 1.29 is 26.9 Å². The summed E-state index contributed by atoms with van der Waals surface area (Å²) in [6, 6.07) is 7.34. The topological polar surface area (TPSA) is 105 Å². The summed E-state index contributed by atoms with van der Waals surface area (Å²) in [5.74, 6) is -5.15. The van der Waals surface area contributed by atoms with Crippen LogP contribution in [-0.2, 0) is 15.7 Å². The highest BCUT2D eigenvalue weighted by Crippen LogP contribution is 2.35. The quantitative estimate of drug-likeness (QED) is 0.616. The smallest absolute Gasteiger partial charge is 0.303 e. The first-order chi connectivity index (χ1) is 14.4. The van der Waals surface area contributed by atoms with Gasteiger partial charge in [-0.3, -0.25) is 4.79 Å². The first-order valence-electron chi connectivity index (χ1n) is 9.35. The van der Waals surface area contributed by atoms with Crippen molar-refractivity contribution in [2.75, 3.05) is 6.26 Å². The van der Waals surface area contributed by atoms with E-state index in [0.29, 0.717) is 19.8 Å². The molecule has 11 heteroatoms. The first kappa shape index (κ1) is 22.7. The molecule has 1 amide bonds. The van der Waals surface area contributed by atoms with Crippen LogP contribution in [0.4, 0.5) is 13.2 Å². The molecular weight excluding hydrogens is 433 g/mol. The Hall–Kier alpha value is -2.95.